The second kappa shape index (κ2) is 19.6. The number of aliphatic hydroxyl groups excluding tert-OH is 1. The Morgan fingerprint density at radius 1 is 0.967 bits per heavy atom. The van der Waals surface area contributed by atoms with Crippen molar-refractivity contribution in [1.82, 2.24) is 24.3 Å². The van der Waals surface area contributed by atoms with Crippen LogP contribution in [0, 0.1) is 30.6 Å². The number of hydrogen-bond acceptors (Lipinski definition) is 14. The molecule has 340 valence electrons. The summed E-state index contributed by atoms with van der Waals surface area (Å²) in [5.41, 5.74) is -0.0333. The van der Waals surface area contributed by atoms with E-state index < -0.39 is 83.4 Å². The third kappa shape index (κ3) is 9.83. The minimum atomic E-state index is -1.42. The van der Waals surface area contributed by atoms with Crippen LogP contribution in [0.3, 0.4) is 0 Å². The predicted octanol–water partition coefficient (Wildman–Crippen LogP) is 5.25. The van der Waals surface area contributed by atoms with Crippen molar-refractivity contribution in [2.75, 3.05) is 34.9 Å². The molecule has 3 aliphatic heterocycles. The first-order valence-electron chi connectivity index (χ1n) is 21.7. The molecule has 2 aromatic rings. The highest BCUT2D eigenvalue weighted by atomic mass is 16.7. The molecule has 5 rings (SSSR count). The van der Waals surface area contributed by atoms with Gasteiger partial charge >= 0.3 is 12.1 Å². The molecule has 3 saturated heterocycles. The van der Waals surface area contributed by atoms with Crippen molar-refractivity contribution in [2.45, 2.75) is 155 Å². The van der Waals surface area contributed by atoms with Gasteiger partial charge in [-0.05, 0) is 86.9 Å². The van der Waals surface area contributed by atoms with Crippen molar-refractivity contribution in [1.29, 1.82) is 0 Å². The van der Waals surface area contributed by atoms with Crippen LogP contribution in [0.15, 0.2) is 24.7 Å². The van der Waals surface area contributed by atoms with E-state index in [0.29, 0.717) is 31.7 Å². The number of aryl methyl sites for hydroxylation is 1. The fraction of sp³-hybridized carbons (Fsp3) is 0.733. The summed E-state index contributed by atoms with van der Waals surface area (Å²) in [6.45, 7) is 16.9. The van der Waals surface area contributed by atoms with Crippen molar-refractivity contribution in [2.24, 2.45) is 23.7 Å². The molecule has 1 amide bonds. The molecule has 3 fully saturated rings. The zero-order valence-electron chi connectivity index (χ0n) is 38.4. The Labute approximate surface area is 360 Å². The molecule has 0 aromatic carbocycles. The van der Waals surface area contributed by atoms with Crippen molar-refractivity contribution < 1.29 is 52.7 Å². The Hall–Kier alpha value is -3.96. The zero-order chi connectivity index (χ0) is 45.1. The number of rotatable bonds is 12. The van der Waals surface area contributed by atoms with Gasteiger partial charge < -0.3 is 47.9 Å². The molecule has 2 aromatic heterocycles. The Balaban J connectivity index is 1.43. The lowest BCUT2D eigenvalue weighted by atomic mass is 9.73. The third-order valence-electron chi connectivity index (χ3n) is 13.5. The Morgan fingerprint density at radius 3 is 2.26 bits per heavy atom. The number of amides is 1. The van der Waals surface area contributed by atoms with Gasteiger partial charge in [0.25, 0.3) is 0 Å². The minimum absolute atomic E-state index is 0.123. The van der Waals surface area contributed by atoms with Crippen LogP contribution in [-0.4, -0.2) is 142 Å². The number of fused-ring (bicyclic) bond motifs is 1. The van der Waals surface area contributed by atoms with E-state index >= 15 is 0 Å². The molecule has 5 heterocycles. The summed E-state index contributed by atoms with van der Waals surface area (Å²) < 4.78 is 38.5. The number of ketones is 2. The number of ether oxygens (including phenoxy) is 6. The van der Waals surface area contributed by atoms with Crippen molar-refractivity contribution in [3.63, 3.8) is 0 Å². The van der Waals surface area contributed by atoms with E-state index in [1.54, 1.807) is 58.3 Å². The highest BCUT2D eigenvalue weighted by Crippen LogP contribution is 2.43. The predicted molar refractivity (Wildman–Crippen MR) is 226 cm³/mol. The number of likely N-dealkylation sites (N-methyl/N-ethyl adjacent to an activating group) is 1. The number of hydrogen-bond donors (Lipinski definition) is 1. The highest BCUT2D eigenvalue weighted by Gasteiger charge is 2.60. The number of methoxy groups -OCH3 is 2. The third-order valence-corrected chi connectivity index (χ3v) is 13.5. The van der Waals surface area contributed by atoms with E-state index in [-0.39, 0.29) is 37.3 Å². The summed E-state index contributed by atoms with van der Waals surface area (Å²) in [5.74, 6) is -4.49. The average molecular weight is 856 g/mol. The van der Waals surface area contributed by atoms with Gasteiger partial charge in [-0.25, -0.2) is 14.8 Å². The number of imidazole rings is 1. The van der Waals surface area contributed by atoms with Crippen LogP contribution in [-0.2, 0) is 44.6 Å². The summed E-state index contributed by atoms with van der Waals surface area (Å²) in [5, 5.41) is 11.5. The molecule has 2 unspecified atom stereocenters. The van der Waals surface area contributed by atoms with Gasteiger partial charge in [0, 0.05) is 67.5 Å². The smallest absolute Gasteiger partial charge is 0.410 e. The number of nitrogens with zero attached hydrogens (tertiary/aromatic N) is 5. The SMILES string of the molecule is CC[C@H]1OC(=O)[C@H](C)C(=O)[C@H](C)C(OC2O[C@H](C)C[C@H](N(C)C)[C@H]2O)[C@@](C)(OC)C[C@@H](C)C(=O)[C@H](C)[C@H]2N(CCCCn3cnc(-c4ccc(OC)nc4)c3C)C(=O)O[C@]12C. The molecule has 0 saturated carbocycles. The molecule has 1 N–H and O–H groups in total. The minimum Gasteiger partial charge on any atom is -0.481 e. The van der Waals surface area contributed by atoms with Crippen molar-refractivity contribution in [3.8, 4) is 17.1 Å². The molecule has 3 aliphatic rings. The second-order valence-corrected chi connectivity index (χ2v) is 18.0. The molecule has 13 atom stereocenters. The van der Waals surface area contributed by atoms with Gasteiger partial charge in [-0.1, -0.05) is 27.7 Å². The maximum Gasteiger partial charge on any atom is 0.410 e. The molecular weight excluding hydrogens is 787 g/mol. The fourth-order valence-electron chi connectivity index (χ4n) is 9.87. The number of unbranched alkanes of at least 4 members (excludes halogenated alkanes) is 1. The average Bonchev–Trinajstić information content (AvgIpc) is 3.73. The molecular formula is C45H69N5O11. The van der Waals surface area contributed by atoms with Crippen LogP contribution in [0.5, 0.6) is 5.88 Å². The quantitative estimate of drug-likeness (QED) is 0.166. The topological polar surface area (TPSA) is 181 Å². The van der Waals surface area contributed by atoms with Gasteiger partial charge in [0.1, 0.15) is 23.9 Å². The van der Waals surface area contributed by atoms with Crippen LogP contribution in [0.25, 0.3) is 11.3 Å². The highest BCUT2D eigenvalue weighted by molar-refractivity contribution is 6.00. The largest absolute Gasteiger partial charge is 0.481 e. The van der Waals surface area contributed by atoms with E-state index in [0.717, 1.165) is 17.0 Å². The van der Waals surface area contributed by atoms with Crippen LogP contribution < -0.4 is 4.74 Å². The number of carbonyl (C=O) groups is 4. The van der Waals surface area contributed by atoms with E-state index in [1.165, 1.54) is 14.0 Å². The van der Waals surface area contributed by atoms with E-state index in [2.05, 4.69) is 14.5 Å². The molecule has 0 spiro atoms. The fourth-order valence-corrected chi connectivity index (χ4v) is 9.87. The number of Topliss-reactive ketones (excluding diaryl/α,β-unsaturated/α-hetero) is 2. The summed E-state index contributed by atoms with van der Waals surface area (Å²) >= 11 is 0. The number of aliphatic hydroxyl groups is 1. The van der Waals surface area contributed by atoms with E-state index in [1.807, 2.05) is 52.8 Å². The van der Waals surface area contributed by atoms with Crippen molar-refractivity contribution >= 4 is 23.6 Å². The van der Waals surface area contributed by atoms with Crippen LogP contribution in [0.2, 0.25) is 0 Å². The van der Waals surface area contributed by atoms with Gasteiger partial charge in [0.05, 0.1) is 43.0 Å². The van der Waals surface area contributed by atoms with Gasteiger partial charge in [0.2, 0.25) is 5.88 Å². The lowest BCUT2D eigenvalue weighted by Crippen LogP contribution is -2.60. The first-order chi connectivity index (χ1) is 28.7. The maximum absolute atomic E-state index is 14.8. The molecule has 61 heavy (non-hydrogen) atoms. The molecule has 0 radical (unpaired) electrons. The molecule has 16 nitrogen and oxygen atoms in total. The number of carbonyl (C=O) groups excluding carboxylic acids is 4. The summed E-state index contributed by atoms with van der Waals surface area (Å²) in [6, 6.07) is 2.62. The van der Waals surface area contributed by atoms with Gasteiger partial charge in [-0.15, -0.1) is 0 Å². The first-order valence-corrected chi connectivity index (χ1v) is 21.7. The van der Waals surface area contributed by atoms with Crippen LogP contribution >= 0.6 is 0 Å². The first kappa shape index (κ1) is 48.1. The number of pyridine rings is 1. The molecule has 0 aliphatic carbocycles. The van der Waals surface area contributed by atoms with E-state index in [9.17, 15) is 24.3 Å². The Kier molecular flexibility index (Phi) is 15.5. The summed E-state index contributed by atoms with van der Waals surface area (Å²) in [7, 11) is 6.81. The van der Waals surface area contributed by atoms with Crippen LogP contribution in [0.4, 0.5) is 4.79 Å². The monoisotopic (exact) mass is 855 g/mol. The lowest BCUT2D eigenvalue weighted by Gasteiger charge is -2.47. The van der Waals surface area contributed by atoms with Crippen LogP contribution in [0.1, 0.15) is 93.2 Å². The number of esters is 1. The van der Waals surface area contributed by atoms with Gasteiger partial charge in [0.15, 0.2) is 17.7 Å². The number of cyclic esters (lactones) is 1. The summed E-state index contributed by atoms with van der Waals surface area (Å²) in [4.78, 5) is 69.5. The Bertz CT molecular complexity index is 1860. The van der Waals surface area contributed by atoms with Gasteiger partial charge in [-0.3, -0.25) is 14.4 Å². The molecule has 0 bridgehead atoms. The maximum atomic E-state index is 14.8. The summed E-state index contributed by atoms with van der Waals surface area (Å²) in [6.07, 6.45) is 0.668. The standard InChI is InChI=1S/C45H69N5O11/c1-14-33-45(9)39(50(43(55)61-45)20-16-15-19-49-24-47-35(30(49)7)31-17-18-34(56-12)46-23-31)27(4)36(51)25(2)22-44(8,57-13)40(28(5)37(52)29(6)41(54)59-33)60-42-38(53)32(48(10)11)21-26(3)58-42/h17-18,23-29,32-33,38-40,42,53H,14-16,19-22H2,1-13H3/t25-,26-,27+,28+,29-,32+,33-,38-,39-,40?,42?,44+,45-/m1/s1. The lowest BCUT2D eigenvalue weighted by molar-refractivity contribution is -0.295. The van der Waals surface area contributed by atoms with Crippen molar-refractivity contribution in [3.05, 3.63) is 30.4 Å². The van der Waals surface area contributed by atoms with E-state index in [4.69, 9.17) is 28.4 Å². The molecule has 16 heteroatoms. The Morgan fingerprint density at radius 2 is 1.66 bits per heavy atom. The zero-order valence-corrected chi connectivity index (χ0v) is 38.4. The normalized spacial score (nSPS) is 35.5. The number of aromatic nitrogens is 3. The van der Waals surface area contributed by atoms with Gasteiger partial charge in [-0.2, -0.15) is 0 Å². The second-order valence-electron chi connectivity index (χ2n) is 18.0.